The Labute approximate surface area is 138 Å². The van der Waals surface area contributed by atoms with Gasteiger partial charge in [0.1, 0.15) is 0 Å². The fraction of sp³-hybridized carbons (Fsp3) is 0.176. The van der Waals surface area contributed by atoms with Crippen molar-refractivity contribution in [3.05, 3.63) is 58.6 Å². The molecule has 0 aromatic heterocycles. The van der Waals surface area contributed by atoms with Gasteiger partial charge in [0.25, 0.3) is 0 Å². The Bertz CT molecular complexity index is 743. The molecule has 1 atom stereocenters. The number of carbonyl (C=O) groups excluding carboxylic acids is 2. The average molecular weight is 332 g/mol. The second-order valence-electron chi connectivity index (χ2n) is 5.18. The first kappa shape index (κ1) is 15.1. The normalized spacial score (nSPS) is 16.3. The van der Waals surface area contributed by atoms with Crippen molar-refractivity contribution in [2.45, 2.75) is 17.7 Å². The molecule has 3 rings (SSSR count). The Morgan fingerprint density at radius 2 is 1.95 bits per heavy atom. The van der Waals surface area contributed by atoms with Crippen molar-refractivity contribution < 1.29 is 9.59 Å². The van der Waals surface area contributed by atoms with Crippen LogP contribution < -0.4 is 5.32 Å². The van der Waals surface area contributed by atoms with Gasteiger partial charge in [0, 0.05) is 21.2 Å². The van der Waals surface area contributed by atoms with Crippen LogP contribution in [0.5, 0.6) is 0 Å². The molecular formula is C17H14ClNO2S. The molecule has 0 saturated carbocycles. The molecule has 5 heteroatoms. The number of fused-ring (bicyclic) bond motifs is 1. The van der Waals surface area contributed by atoms with Crippen LogP contribution in [0.2, 0.25) is 5.02 Å². The summed E-state index contributed by atoms with van der Waals surface area (Å²) in [6, 6.07) is 12.8. The lowest BCUT2D eigenvalue weighted by Gasteiger charge is -2.06. The van der Waals surface area contributed by atoms with Gasteiger partial charge in [0.15, 0.2) is 5.78 Å². The summed E-state index contributed by atoms with van der Waals surface area (Å²) in [4.78, 5) is 25.0. The minimum atomic E-state index is -0.202. The zero-order valence-corrected chi connectivity index (χ0v) is 13.5. The number of hydrogen-bond donors (Lipinski definition) is 1. The lowest BCUT2D eigenvalue weighted by atomic mass is 9.99. The van der Waals surface area contributed by atoms with Crippen LogP contribution >= 0.6 is 23.4 Å². The Hall–Kier alpha value is -1.78. The Morgan fingerprint density at radius 3 is 2.68 bits per heavy atom. The van der Waals surface area contributed by atoms with E-state index in [1.165, 1.54) is 11.8 Å². The van der Waals surface area contributed by atoms with Gasteiger partial charge >= 0.3 is 0 Å². The van der Waals surface area contributed by atoms with Crippen LogP contribution in [0.3, 0.4) is 0 Å². The zero-order chi connectivity index (χ0) is 15.7. The molecule has 0 saturated heterocycles. The van der Waals surface area contributed by atoms with Crippen molar-refractivity contribution in [2.24, 2.45) is 0 Å². The summed E-state index contributed by atoms with van der Waals surface area (Å²) < 4.78 is 0. The lowest BCUT2D eigenvalue weighted by Crippen LogP contribution is -2.08. The summed E-state index contributed by atoms with van der Waals surface area (Å²) in [6.07, 6.45) is 0. The summed E-state index contributed by atoms with van der Waals surface area (Å²) in [5, 5.41) is 3.49. The molecule has 112 valence electrons. The van der Waals surface area contributed by atoms with Crippen molar-refractivity contribution in [3.8, 4) is 0 Å². The van der Waals surface area contributed by atoms with Gasteiger partial charge in [-0.2, -0.15) is 0 Å². The molecule has 0 bridgehead atoms. The van der Waals surface area contributed by atoms with E-state index >= 15 is 0 Å². The third kappa shape index (κ3) is 3.03. The highest BCUT2D eigenvalue weighted by Crippen LogP contribution is 2.33. The van der Waals surface area contributed by atoms with Gasteiger partial charge in [-0.25, -0.2) is 0 Å². The van der Waals surface area contributed by atoms with E-state index in [2.05, 4.69) is 5.32 Å². The maximum atomic E-state index is 12.3. The zero-order valence-electron chi connectivity index (χ0n) is 11.9. The quantitative estimate of drug-likeness (QED) is 0.668. The van der Waals surface area contributed by atoms with E-state index in [9.17, 15) is 9.59 Å². The van der Waals surface area contributed by atoms with E-state index in [0.717, 1.165) is 16.1 Å². The minimum absolute atomic E-state index is 0.0184. The van der Waals surface area contributed by atoms with E-state index in [0.29, 0.717) is 16.3 Å². The first-order valence-corrected chi connectivity index (χ1v) is 8.27. The first-order valence-electron chi connectivity index (χ1n) is 6.91. The maximum absolute atomic E-state index is 12.3. The molecule has 1 amide bonds. The molecule has 1 heterocycles. The molecule has 2 aromatic carbocycles. The van der Waals surface area contributed by atoms with E-state index in [4.69, 9.17) is 11.6 Å². The highest BCUT2D eigenvalue weighted by atomic mass is 35.5. The van der Waals surface area contributed by atoms with Crippen molar-refractivity contribution in [1.82, 2.24) is 0 Å². The fourth-order valence-electron chi connectivity index (χ4n) is 2.35. The second-order valence-corrected chi connectivity index (χ2v) is 6.66. The Balaban J connectivity index is 1.71. The highest BCUT2D eigenvalue weighted by molar-refractivity contribution is 8.00. The standard InChI is InChI=1S/C17H14ClNO2S/c1-10-14-8-11(2-7-15(14)19-17(10)21)16(20)9-22-13-5-3-12(18)4-6-13/h2-8,10H,9H2,1H3,(H,19,21)/t10-/m0/s1. The van der Waals surface area contributed by atoms with Crippen LogP contribution in [0.15, 0.2) is 47.4 Å². The molecule has 1 aliphatic rings. The second kappa shape index (κ2) is 6.15. The van der Waals surface area contributed by atoms with Gasteiger partial charge in [-0.15, -0.1) is 11.8 Å². The molecular weight excluding hydrogens is 318 g/mol. The molecule has 2 aromatic rings. The first-order chi connectivity index (χ1) is 10.5. The third-order valence-corrected chi connectivity index (χ3v) is 4.94. The number of rotatable bonds is 4. The summed E-state index contributed by atoms with van der Waals surface area (Å²) in [5.41, 5.74) is 2.34. The molecule has 0 unspecified atom stereocenters. The van der Waals surface area contributed by atoms with Crippen molar-refractivity contribution in [1.29, 1.82) is 0 Å². The van der Waals surface area contributed by atoms with Crippen LogP contribution in [-0.4, -0.2) is 17.4 Å². The summed E-state index contributed by atoms with van der Waals surface area (Å²) in [6.45, 7) is 1.85. The number of anilines is 1. The van der Waals surface area contributed by atoms with Gasteiger partial charge in [0.05, 0.1) is 11.7 Å². The van der Waals surface area contributed by atoms with Gasteiger partial charge in [-0.3, -0.25) is 9.59 Å². The van der Waals surface area contributed by atoms with Crippen LogP contribution in [0.4, 0.5) is 5.69 Å². The smallest absolute Gasteiger partial charge is 0.231 e. The Morgan fingerprint density at radius 1 is 1.23 bits per heavy atom. The summed E-state index contributed by atoms with van der Waals surface area (Å²) in [5.74, 6) is 0.187. The SMILES string of the molecule is C[C@@H]1C(=O)Nc2ccc(C(=O)CSc3ccc(Cl)cc3)cc21. The number of Topliss-reactive ketones (excluding diaryl/α,β-unsaturated/α-hetero) is 1. The minimum Gasteiger partial charge on any atom is -0.325 e. The molecule has 0 aliphatic carbocycles. The van der Waals surface area contributed by atoms with Gasteiger partial charge < -0.3 is 5.32 Å². The van der Waals surface area contributed by atoms with Crippen LogP contribution in [0.25, 0.3) is 0 Å². The van der Waals surface area contributed by atoms with Crippen molar-refractivity contribution in [2.75, 3.05) is 11.1 Å². The van der Waals surface area contributed by atoms with Crippen molar-refractivity contribution in [3.63, 3.8) is 0 Å². The number of amides is 1. The number of halogens is 1. The van der Waals surface area contributed by atoms with Gasteiger partial charge in [-0.05, 0) is 55.0 Å². The van der Waals surface area contributed by atoms with E-state index in [-0.39, 0.29) is 17.6 Å². The number of benzene rings is 2. The van der Waals surface area contributed by atoms with Crippen LogP contribution in [-0.2, 0) is 4.79 Å². The van der Waals surface area contributed by atoms with Crippen LogP contribution in [0, 0.1) is 0 Å². The van der Waals surface area contributed by atoms with E-state index in [1.54, 1.807) is 12.1 Å². The predicted octanol–water partition coefficient (Wildman–Crippen LogP) is 4.37. The lowest BCUT2D eigenvalue weighted by molar-refractivity contribution is -0.116. The molecule has 22 heavy (non-hydrogen) atoms. The topological polar surface area (TPSA) is 46.2 Å². The molecule has 0 spiro atoms. The van der Waals surface area contributed by atoms with Gasteiger partial charge in [-0.1, -0.05) is 11.6 Å². The number of hydrogen-bond acceptors (Lipinski definition) is 3. The molecule has 0 radical (unpaired) electrons. The number of nitrogens with one attached hydrogen (secondary N) is 1. The number of ketones is 1. The molecule has 3 nitrogen and oxygen atoms in total. The maximum Gasteiger partial charge on any atom is 0.231 e. The number of carbonyl (C=O) groups is 2. The monoisotopic (exact) mass is 331 g/mol. The fourth-order valence-corrected chi connectivity index (χ4v) is 3.27. The third-order valence-electron chi connectivity index (χ3n) is 3.67. The predicted molar refractivity (Wildman–Crippen MR) is 90.0 cm³/mol. The summed E-state index contributed by atoms with van der Waals surface area (Å²) >= 11 is 7.32. The molecule has 0 fully saturated rings. The van der Waals surface area contributed by atoms with Crippen LogP contribution in [0.1, 0.15) is 28.8 Å². The van der Waals surface area contributed by atoms with Crippen molar-refractivity contribution >= 4 is 40.7 Å². The Kier molecular flexibility index (Phi) is 4.23. The number of thioether (sulfide) groups is 1. The average Bonchev–Trinajstić information content (AvgIpc) is 2.81. The largest absolute Gasteiger partial charge is 0.325 e. The van der Waals surface area contributed by atoms with E-state index < -0.39 is 0 Å². The molecule has 1 N–H and O–H groups in total. The van der Waals surface area contributed by atoms with Gasteiger partial charge in [0.2, 0.25) is 5.91 Å². The van der Waals surface area contributed by atoms with E-state index in [1.807, 2.05) is 37.3 Å². The molecule has 1 aliphatic heterocycles. The summed E-state index contributed by atoms with van der Waals surface area (Å²) in [7, 11) is 0. The highest BCUT2D eigenvalue weighted by Gasteiger charge is 2.27.